The number of hydrogen-bond donors (Lipinski definition) is 1. The third kappa shape index (κ3) is 9.58. The lowest BCUT2D eigenvalue weighted by Gasteiger charge is -2.46. The minimum absolute atomic E-state index is 0.0664. The van der Waals surface area contributed by atoms with Gasteiger partial charge in [0.25, 0.3) is 0 Å². The van der Waals surface area contributed by atoms with Gasteiger partial charge in [-0.15, -0.1) is 11.8 Å². The number of aromatic hydroxyl groups is 1. The first-order valence-electron chi connectivity index (χ1n) is 19.9. The molecule has 0 bridgehead atoms. The maximum absolute atomic E-state index is 11.2. The summed E-state index contributed by atoms with van der Waals surface area (Å²) in [5.74, 6) is 2.44. The molecule has 0 unspecified atom stereocenters. The summed E-state index contributed by atoms with van der Waals surface area (Å²) in [5.41, 5.74) is 7.25. The van der Waals surface area contributed by atoms with Gasteiger partial charge in [-0.05, 0) is 77.5 Å². The lowest BCUT2D eigenvalue weighted by Crippen LogP contribution is -2.48. The molecule has 6 aromatic rings. The standard InChI is InChI=1S/C50H54O6SSi/c1-34-18-17-19-35(2)48(34)57-49-45-43(54-33-38-24-15-10-16-25-38)29-40(51)30-44(45)55-46(47(49)56-58(6,7)50(3,4)5)39-26-27-41(52-31-36-20-11-8-12-21-36)42(28-39)53-32-37-22-13-9-14-23-37/h8-30,46-47,49,51H,31-33H2,1-7H3/t46-,47+,49+/m1/s1. The lowest BCUT2D eigenvalue weighted by molar-refractivity contribution is 0.0250. The molecule has 1 N–H and O–H groups in total. The zero-order valence-corrected chi connectivity index (χ0v) is 36.3. The highest BCUT2D eigenvalue weighted by Gasteiger charge is 2.49. The number of benzene rings is 6. The van der Waals surface area contributed by atoms with Gasteiger partial charge < -0.3 is 28.5 Å². The van der Waals surface area contributed by atoms with Crippen molar-refractivity contribution in [1.82, 2.24) is 0 Å². The van der Waals surface area contributed by atoms with Gasteiger partial charge >= 0.3 is 0 Å². The zero-order chi connectivity index (χ0) is 40.9. The van der Waals surface area contributed by atoms with Crippen molar-refractivity contribution in [2.75, 3.05) is 0 Å². The van der Waals surface area contributed by atoms with E-state index < -0.39 is 20.5 Å². The normalized spacial score (nSPS) is 16.6. The molecule has 0 saturated heterocycles. The molecule has 6 nitrogen and oxygen atoms in total. The Morgan fingerprint density at radius 1 is 0.621 bits per heavy atom. The molecule has 6 aromatic carbocycles. The predicted molar refractivity (Wildman–Crippen MR) is 237 cm³/mol. The molecule has 300 valence electrons. The summed E-state index contributed by atoms with van der Waals surface area (Å²) in [6.07, 6.45) is -1.03. The zero-order valence-electron chi connectivity index (χ0n) is 34.5. The van der Waals surface area contributed by atoms with Gasteiger partial charge in [0, 0.05) is 17.0 Å². The van der Waals surface area contributed by atoms with Gasteiger partial charge in [-0.25, -0.2) is 0 Å². The number of phenols is 1. The first kappa shape index (κ1) is 41.0. The third-order valence-corrected chi connectivity index (χ3v) is 17.2. The average Bonchev–Trinajstić information content (AvgIpc) is 3.21. The summed E-state index contributed by atoms with van der Waals surface area (Å²) in [6.45, 7) is 16.8. The van der Waals surface area contributed by atoms with Crippen molar-refractivity contribution in [3.8, 4) is 28.7 Å². The topological polar surface area (TPSA) is 66.4 Å². The minimum Gasteiger partial charge on any atom is -0.508 e. The fourth-order valence-corrected chi connectivity index (χ4v) is 9.72. The highest BCUT2D eigenvalue weighted by atomic mass is 32.2. The van der Waals surface area contributed by atoms with Crippen LogP contribution in [0.4, 0.5) is 0 Å². The SMILES string of the molecule is Cc1cccc(C)c1S[C@H]1c2c(OCc3ccccc3)cc(O)cc2O[C@H](c2ccc(OCc3ccccc3)c(OCc3ccccc3)c2)[C@@H]1O[Si](C)(C)C(C)(C)C. The molecule has 58 heavy (non-hydrogen) atoms. The molecular weight excluding hydrogens is 757 g/mol. The van der Waals surface area contributed by atoms with Gasteiger partial charge in [0.05, 0.1) is 10.8 Å². The first-order valence-corrected chi connectivity index (χ1v) is 23.7. The van der Waals surface area contributed by atoms with Crippen molar-refractivity contribution < 1.29 is 28.5 Å². The second kappa shape index (κ2) is 17.8. The molecule has 8 heteroatoms. The Bertz CT molecular complexity index is 2270. The van der Waals surface area contributed by atoms with Crippen LogP contribution in [0.2, 0.25) is 18.1 Å². The van der Waals surface area contributed by atoms with E-state index in [1.165, 1.54) is 16.0 Å². The summed E-state index contributed by atoms with van der Waals surface area (Å²) in [7, 11) is -2.45. The van der Waals surface area contributed by atoms with Crippen LogP contribution in [-0.2, 0) is 24.2 Å². The van der Waals surface area contributed by atoms with Crippen LogP contribution in [-0.4, -0.2) is 19.5 Å². The quantitative estimate of drug-likeness (QED) is 0.110. The molecule has 1 heterocycles. The number of rotatable bonds is 14. The molecule has 0 aliphatic carbocycles. The first-order chi connectivity index (χ1) is 27.9. The highest BCUT2D eigenvalue weighted by molar-refractivity contribution is 7.99. The Labute approximate surface area is 349 Å². The van der Waals surface area contributed by atoms with E-state index in [1.54, 1.807) is 23.9 Å². The van der Waals surface area contributed by atoms with E-state index in [4.69, 9.17) is 23.4 Å². The number of ether oxygens (including phenoxy) is 4. The Morgan fingerprint density at radius 3 is 1.67 bits per heavy atom. The largest absolute Gasteiger partial charge is 0.508 e. The van der Waals surface area contributed by atoms with Crippen LogP contribution >= 0.6 is 11.8 Å². The van der Waals surface area contributed by atoms with Crippen LogP contribution < -0.4 is 18.9 Å². The van der Waals surface area contributed by atoms with Crippen LogP contribution in [0.25, 0.3) is 0 Å². The molecular formula is C50H54O6SSi. The molecule has 0 saturated carbocycles. The average molecular weight is 811 g/mol. The van der Waals surface area contributed by atoms with Crippen LogP contribution in [0.5, 0.6) is 28.7 Å². The smallest absolute Gasteiger partial charge is 0.192 e. The molecule has 1 aliphatic rings. The summed E-state index contributed by atoms with van der Waals surface area (Å²) < 4.78 is 34.4. The summed E-state index contributed by atoms with van der Waals surface area (Å²) >= 11 is 1.78. The monoisotopic (exact) mass is 810 g/mol. The molecule has 7 rings (SSSR count). The fraction of sp³-hybridized carbons (Fsp3) is 0.280. The van der Waals surface area contributed by atoms with E-state index in [0.717, 1.165) is 27.8 Å². The number of hydrogen-bond acceptors (Lipinski definition) is 7. The van der Waals surface area contributed by atoms with Crippen molar-refractivity contribution in [2.24, 2.45) is 0 Å². The Hall–Kier alpha value is -5.15. The number of fused-ring (bicyclic) bond motifs is 1. The van der Waals surface area contributed by atoms with Gasteiger partial charge in [0.15, 0.2) is 25.9 Å². The molecule has 3 atom stereocenters. The predicted octanol–water partition coefficient (Wildman–Crippen LogP) is 13.1. The Kier molecular flexibility index (Phi) is 12.6. The van der Waals surface area contributed by atoms with E-state index in [-0.39, 0.29) is 16.0 Å². The Balaban J connectivity index is 1.37. The van der Waals surface area contributed by atoms with E-state index in [9.17, 15) is 5.11 Å². The van der Waals surface area contributed by atoms with Gasteiger partial charge in [-0.2, -0.15) is 0 Å². The van der Waals surface area contributed by atoms with Crippen molar-refractivity contribution in [2.45, 2.75) is 94.9 Å². The van der Waals surface area contributed by atoms with Crippen molar-refractivity contribution in [1.29, 1.82) is 0 Å². The number of aryl methyl sites for hydroxylation is 2. The van der Waals surface area contributed by atoms with Gasteiger partial charge in [0.2, 0.25) is 0 Å². The van der Waals surface area contributed by atoms with Gasteiger partial charge in [-0.3, -0.25) is 0 Å². The van der Waals surface area contributed by atoms with Gasteiger partial charge in [-0.1, -0.05) is 136 Å². The fourth-order valence-electron chi connectivity index (χ4n) is 6.89. The lowest BCUT2D eigenvalue weighted by atomic mass is 9.93. The van der Waals surface area contributed by atoms with Crippen molar-refractivity contribution in [3.63, 3.8) is 0 Å². The summed E-state index contributed by atoms with van der Waals surface area (Å²) in [4.78, 5) is 1.18. The van der Waals surface area contributed by atoms with Crippen molar-refractivity contribution in [3.05, 3.63) is 178 Å². The second-order valence-electron chi connectivity index (χ2n) is 16.5. The minimum atomic E-state index is -2.45. The van der Waals surface area contributed by atoms with Crippen molar-refractivity contribution >= 4 is 20.1 Å². The highest BCUT2D eigenvalue weighted by Crippen LogP contribution is 2.57. The third-order valence-electron chi connectivity index (χ3n) is 11.1. The molecule has 0 amide bonds. The van der Waals surface area contributed by atoms with Crippen LogP contribution in [0.3, 0.4) is 0 Å². The second-order valence-corrected chi connectivity index (χ2v) is 22.4. The molecule has 0 radical (unpaired) electrons. The molecule has 0 spiro atoms. The maximum Gasteiger partial charge on any atom is 0.192 e. The van der Waals surface area contributed by atoms with Crippen LogP contribution in [0.15, 0.2) is 144 Å². The molecule has 0 aromatic heterocycles. The van der Waals surface area contributed by atoms with E-state index in [2.05, 4.69) is 96.2 Å². The van der Waals surface area contributed by atoms with Crippen LogP contribution in [0, 0.1) is 13.8 Å². The number of phenolic OH excluding ortho intramolecular Hbond substituents is 1. The summed E-state index contributed by atoms with van der Waals surface area (Å²) in [6, 6.07) is 46.3. The Morgan fingerprint density at radius 2 is 1.14 bits per heavy atom. The van der Waals surface area contributed by atoms with Crippen LogP contribution in [0.1, 0.15) is 71.1 Å². The maximum atomic E-state index is 11.2. The van der Waals surface area contributed by atoms with E-state index >= 15 is 0 Å². The van der Waals surface area contributed by atoms with E-state index in [1.807, 2.05) is 78.9 Å². The molecule has 0 fully saturated rings. The van der Waals surface area contributed by atoms with E-state index in [0.29, 0.717) is 42.8 Å². The van der Waals surface area contributed by atoms with Gasteiger partial charge in [0.1, 0.15) is 43.2 Å². The molecule has 1 aliphatic heterocycles. The number of thioether (sulfide) groups is 1. The summed E-state index contributed by atoms with van der Waals surface area (Å²) in [5, 5.41) is 10.9.